The van der Waals surface area contributed by atoms with E-state index < -0.39 is 36.6 Å². The van der Waals surface area contributed by atoms with E-state index in [0.29, 0.717) is 0 Å². The minimum Gasteiger partial charge on any atom is -0.569 e. The summed E-state index contributed by atoms with van der Waals surface area (Å²) in [6, 6.07) is 5.86. The Morgan fingerprint density at radius 3 is 2.24 bits per heavy atom. The minimum absolute atomic E-state index is 0.00649. The lowest BCUT2D eigenvalue weighted by Gasteiger charge is -2.22. The third kappa shape index (κ3) is 3.67. The number of hydrogen-bond donors (Lipinski definition) is 1. The van der Waals surface area contributed by atoms with Gasteiger partial charge in [0.05, 0.1) is 22.1 Å². The third-order valence-corrected chi connectivity index (χ3v) is 3.57. The van der Waals surface area contributed by atoms with Crippen LogP contribution in [0.1, 0.15) is 41.5 Å². The molecule has 0 saturated heterocycles. The summed E-state index contributed by atoms with van der Waals surface area (Å²) < 4.78 is 0. The number of imide groups is 1. The molecule has 1 aliphatic rings. The number of rotatable bonds is 7. The summed E-state index contributed by atoms with van der Waals surface area (Å²) in [5.41, 5.74) is 0.494. The minimum atomic E-state index is -1.21. The molecule has 0 radical (unpaired) electrons. The Hall–Kier alpha value is -3.17. The average Bonchev–Trinajstić information content (AvgIpc) is 2.81. The Bertz CT molecular complexity index is 697. The fraction of sp³-hybridized carbons (Fsp3) is 0.400. The summed E-state index contributed by atoms with van der Waals surface area (Å²) in [4.78, 5) is 41.2. The molecule has 25 heavy (non-hydrogen) atoms. The maximum atomic E-state index is 12.3. The molecule has 10 nitrogen and oxygen atoms in total. The Kier molecular flexibility index (Phi) is 5.20. The Morgan fingerprint density at radius 1 is 1.28 bits per heavy atom. The highest BCUT2D eigenvalue weighted by atomic mass is 16.7. The van der Waals surface area contributed by atoms with E-state index in [1.54, 1.807) is 26.0 Å². The molecule has 0 bridgehead atoms. The van der Waals surface area contributed by atoms with E-state index in [1.807, 2.05) is 0 Å². The lowest BCUT2D eigenvalue weighted by molar-refractivity contribution is -0.716. The molecule has 1 aliphatic heterocycles. The van der Waals surface area contributed by atoms with Gasteiger partial charge in [-0.3, -0.25) is 14.4 Å². The summed E-state index contributed by atoms with van der Waals surface area (Å²) in [6.07, 6.45) is -1.14. The second kappa shape index (κ2) is 7.16. The van der Waals surface area contributed by atoms with Crippen LogP contribution >= 0.6 is 0 Å². The summed E-state index contributed by atoms with van der Waals surface area (Å²) in [7, 11) is 0. The Balaban J connectivity index is 2.12. The van der Waals surface area contributed by atoms with Gasteiger partial charge in [-0.25, -0.2) is 4.90 Å². The number of carboxylic acid groups (broad SMARTS) is 1. The Labute approximate surface area is 143 Å². The molecule has 0 aromatic heterocycles. The van der Waals surface area contributed by atoms with E-state index in [0.717, 1.165) is 9.91 Å². The van der Waals surface area contributed by atoms with Crippen LogP contribution in [0.25, 0.3) is 0 Å². The largest absolute Gasteiger partial charge is 0.569 e. The first-order valence-corrected chi connectivity index (χ1v) is 7.53. The van der Waals surface area contributed by atoms with Crippen LogP contribution in [0.2, 0.25) is 0 Å². The number of carbonyl (C=O) groups is 3. The highest BCUT2D eigenvalue weighted by molar-refractivity contribution is 6.21. The van der Waals surface area contributed by atoms with Crippen molar-refractivity contribution in [3.63, 3.8) is 0 Å². The lowest BCUT2D eigenvalue weighted by Crippen LogP contribution is -2.42. The van der Waals surface area contributed by atoms with Crippen molar-refractivity contribution in [1.29, 1.82) is 0 Å². The van der Waals surface area contributed by atoms with E-state index >= 15 is 0 Å². The molecular weight excluding hydrogens is 332 g/mol. The number of carboxylic acids is 1. The van der Waals surface area contributed by atoms with E-state index in [4.69, 9.17) is 9.94 Å². The van der Waals surface area contributed by atoms with E-state index in [1.165, 1.54) is 19.1 Å². The van der Waals surface area contributed by atoms with Crippen LogP contribution in [0.4, 0.5) is 0 Å². The van der Waals surface area contributed by atoms with Crippen molar-refractivity contribution >= 4 is 17.8 Å². The zero-order chi connectivity index (χ0) is 18.7. The topological polar surface area (TPSA) is 126 Å². The average molecular weight is 350 g/mol. The fourth-order valence-corrected chi connectivity index (χ4v) is 2.32. The normalized spacial score (nSPS) is 15.4. The number of benzene rings is 1. The van der Waals surface area contributed by atoms with Gasteiger partial charge in [0, 0.05) is 0 Å². The third-order valence-electron chi connectivity index (χ3n) is 3.57. The van der Waals surface area contributed by atoms with E-state index in [9.17, 15) is 19.6 Å². The molecule has 10 heteroatoms. The van der Waals surface area contributed by atoms with Crippen molar-refractivity contribution in [2.45, 2.75) is 33.0 Å². The van der Waals surface area contributed by atoms with Crippen LogP contribution in [0.3, 0.4) is 0 Å². The van der Waals surface area contributed by atoms with Gasteiger partial charge in [-0.05, 0) is 32.9 Å². The molecule has 1 unspecified atom stereocenters. The molecule has 1 heterocycles. The van der Waals surface area contributed by atoms with Crippen molar-refractivity contribution in [3.05, 3.63) is 40.6 Å². The van der Waals surface area contributed by atoms with E-state index in [2.05, 4.69) is 5.28 Å². The molecule has 1 N–H and O–H groups in total. The first-order chi connectivity index (χ1) is 11.7. The second-order valence-corrected chi connectivity index (χ2v) is 5.65. The van der Waals surface area contributed by atoms with Gasteiger partial charge in [0.2, 0.25) is 11.5 Å². The number of carbonyl (C=O) groups excluding carboxylic acids is 2. The predicted octanol–water partition coefficient (Wildman–Crippen LogP) is 1.23. The van der Waals surface area contributed by atoms with Crippen LogP contribution in [-0.2, 0) is 9.63 Å². The first kappa shape index (κ1) is 18.2. The van der Waals surface area contributed by atoms with Crippen LogP contribution in [0.15, 0.2) is 29.5 Å². The maximum Gasteiger partial charge on any atom is 0.329 e. The highest BCUT2D eigenvalue weighted by Crippen LogP contribution is 2.24. The first-order valence-electron chi connectivity index (χ1n) is 7.53. The highest BCUT2D eigenvalue weighted by Gasteiger charge is 2.39. The van der Waals surface area contributed by atoms with Gasteiger partial charge in [-0.1, -0.05) is 12.1 Å². The SMILES string of the molecule is CC(ON=[N+]([O-])N(CC(=O)O)C(C)C)N1C(=O)c2ccccc2C1=O. The molecule has 134 valence electrons. The van der Waals surface area contributed by atoms with Gasteiger partial charge < -0.3 is 15.2 Å². The summed E-state index contributed by atoms with van der Waals surface area (Å²) in [6.45, 7) is 4.03. The number of nitrogens with zero attached hydrogens (tertiary/aromatic N) is 4. The van der Waals surface area contributed by atoms with Crippen molar-refractivity contribution < 1.29 is 29.3 Å². The maximum absolute atomic E-state index is 12.3. The number of hydrazine groups is 1. The zero-order valence-corrected chi connectivity index (χ0v) is 13.9. The molecule has 2 amide bonds. The number of hydrogen-bond acceptors (Lipinski definition) is 6. The fourth-order valence-electron chi connectivity index (χ4n) is 2.32. The molecule has 0 saturated carbocycles. The summed E-state index contributed by atoms with van der Waals surface area (Å²) >= 11 is 0. The predicted molar refractivity (Wildman–Crippen MR) is 83.0 cm³/mol. The summed E-state index contributed by atoms with van der Waals surface area (Å²) in [5, 5.41) is 24.9. The van der Waals surface area contributed by atoms with Crippen molar-refractivity contribution in [1.82, 2.24) is 9.91 Å². The quantitative estimate of drug-likeness (QED) is 0.339. The van der Waals surface area contributed by atoms with Crippen LogP contribution in [-0.4, -0.2) is 56.6 Å². The monoisotopic (exact) mass is 350 g/mol. The molecule has 0 fully saturated rings. The van der Waals surface area contributed by atoms with Crippen molar-refractivity contribution in [2.75, 3.05) is 6.54 Å². The molecule has 0 aliphatic carbocycles. The van der Waals surface area contributed by atoms with Crippen molar-refractivity contribution in [3.8, 4) is 0 Å². The van der Waals surface area contributed by atoms with Gasteiger partial charge in [0.1, 0.15) is 0 Å². The second-order valence-electron chi connectivity index (χ2n) is 5.65. The molecule has 2 rings (SSSR count). The molecule has 1 aromatic carbocycles. The van der Waals surface area contributed by atoms with Crippen LogP contribution in [0.5, 0.6) is 0 Å². The van der Waals surface area contributed by atoms with Gasteiger partial charge in [-0.15, -0.1) is 5.01 Å². The number of fused-ring (bicyclic) bond motifs is 1. The van der Waals surface area contributed by atoms with Gasteiger partial charge in [-0.2, -0.15) is 0 Å². The zero-order valence-electron chi connectivity index (χ0n) is 13.9. The molecule has 0 spiro atoms. The summed E-state index contributed by atoms with van der Waals surface area (Å²) in [5.74, 6) is -2.31. The van der Waals surface area contributed by atoms with Gasteiger partial charge >= 0.3 is 5.97 Å². The Morgan fingerprint density at radius 2 is 1.80 bits per heavy atom. The van der Waals surface area contributed by atoms with Gasteiger partial charge in [0.15, 0.2) is 6.54 Å². The number of aliphatic carboxylic acids is 1. The van der Waals surface area contributed by atoms with E-state index in [-0.39, 0.29) is 16.1 Å². The lowest BCUT2D eigenvalue weighted by atomic mass is 10.1. The molecular formula is C15H18N4O6. The number of amides is 2. The smallest absolute Gasteiger partial charge is 0.329 e. The molecule has 1 aromatic rings. The standard InChI is InChI=1S/C15H18N4O6/c1-9(2)17(8-13(20)21)19(24)16-25-10(3)18-14(22)11-6-4-5-7-12(11)15(18)23/h4-7,9-10H,8H2,1-3H3,(H,20,21). The molecule has 1 atom stereocenters. The van der Waals surface area contributed by atoms with Crippen LogP contribution < -0.4 is 0 Å². The van der Waals surface area contributed by atoms with Crippen LogP contribution in [0, 0.1) is 5.21 Å². The van der Waals surface area contributed by atoms with Crippen molar-refractivity contribution in [2.24, 2.45) is 5.28 Å². The van der Waals surface area contributed by atoms with Gasteiger partial charge in [0.25, 0.3) is 11.8 Å².